The van der Waals surface area contributed by atoms with Crippen LogP contribution in [0.15, 0.2) is 72.8 Å². The molecule has 0 saturated heterocycles. The van der Waals surface area contributed by atoms with Crippen molar-refractivity contribution < 1.29 is 19.1 Å². The molecular weight excluding hydrogens is 368 g/mol. The fraction of sp³-hybridized carbons (Fsp3) is 0.130. The lowest BCUT2D eigenvalue weighted by molar-refractivity contribution is 0.102. The molecule has 0 saturated carbocycles. The summed E-state index contributed by atoms with van der Waals surface area (Å²) < 4.78 is 10.5. The van der Waals surface area contributed by atoms with Crippen molar-refractivity contribution in [2.24, 2.45) is 0 Å². The van der Waals surface area contributed by atoms with Gasteiger partial charge in [0.25, 0.3) is 11.8 Å². The van der Waals surface area contributed by atoms with Crippen molar-refractivity contribution in [1.82, 2.24) is 0 Å². The molecule has 6 heteroatoms. The zero-order valence-corrected chi connectivity index (χ0v) is 16.3. The Hall–Kier alpha value is -3.80. The second-order valence-electron chi connectivity index (χ2n) is 6.14. The van der Waals surface area contributed by atoms with Gasteiger partial charge in [0.15, 0.2) is 0 Å². The van der Waals surface area contributed by atoms with Crippen LogP contribution < -0.4 is 20.1 Å². The van der Waals surface area contributed by atoms with E-state index in [4.69, 9.17) is 9.47 Å². The Morgan fingerprint density at radius 3 is 2.10 bits per heavy atom. The summed E-state index contributed by atoms with van der Waals surface area (Å²) in [4.78, 5) is 25.3. The molecule has 3 rings (SSSR count). The molecule has 3 aromatic carbocycles. The smallest absolute Gasteiger partial charge is 0.257 e. The molecule has 2 N–H and O–H groups in total. The van der Waals surface area contributed by atoms with E-state index in [9.17, 15) is 9.59 Å². The summed E-state index contributed by atoms with van der Waals surface area (Å²) in [6, 6.07) is 20.7. The van der Waals surface area contributed by atoms with Gasteiger partial charge in [-0.15, -0.1) is 0 Å². The van der Waals surface area contributed by atoms with Crippen LogP contribution in [0.2, 0.25) is 0 Å². The second kappa shape index (κ2) is 9.41. The van der Waals surface area contributed by atoms with Gasteiger partial charge in [-0.25, -0.2) is 0 Å². The molecule has 3 aromatic rings. The maximum Gasteiger partial charge on any atom is 0.257 e. The zero-order chi connectivity index (χ0) is 20.6. The molecule has 0 radical (unpaired) electrons. The minimum atomic E-state index is -0.322. The Morgan fingerprint density at radius 1 is 0.793 bits per heavy atom. The number of anilines is 2. The van der Waals surface area contributed by atoms with Gasteiger partial charge in [0.05, 0.1) is 25.0 Å². The monoisotopic (exact) mass is 390 g/mol. The molecule has 6 nitrogen and oxygen atoms in total. The van der Waals surface area contributed by atoms with Crippen LogP contribution in [0, 0.1) is 0 Å². The van der Waals surface area contributed by atoms with Crippen LogP contribution in [0.5, 0.6) is 11.5 Å². The lowest BCUT2D eigenvalue weighted by atomic mass is 10.1. The molecule has 2 amide bonds. The molecule has 0 aliphatic carbocycles. The molecule has 29 heavy (non-hydrogen) atoms. The summed E-state index contributed by atoms with van der Waals surface area (Å²) in [6.45, 7) is 2.46. The van der Waals surface area contributed by atoms with Crippen molar-refractivity contribution in [3.8, 4) is 11.5 Å². The molecule has 0 fully saturated rings. The Morgan fingerprint density at radius 2 is 1.45 bits per heavy atom. The molecule has 0 unspecified atom stereocenters. The van der Waals surface area contributed by atoms with Gasteiger partial charge < -0.3 is 20.1 Å². The summed E-state index contributed by atoms with van der Waals surface area (Å²) in [6.07, 6.45) is 0. The first-order valence-corrected chi connectivity index (χ1v) is 9.19. The lowest BCUT2D eigenvalue weighted by Gasteiger charge is -2.12. The Labute approximate surface area is 169 Å². The maximum atomic E-state index is 12.7. The SMILES string of the molecule is CCOc1ccc(C(=O)Nc2ccccc2C(=O)Nc2ccc(OC)cc2)cc1. The highest BCUT2D eigenvalue weighted by atomic mass is 16.5. The van der Waals surface area contributed by atoms with Gasteiger partial charge in [-0.3, -0.25) is 9.59 Å². The number of carbonyl (C=O) groups excluding carboxylic acids is 2. The van der Waals surface area contributed by atoms with E-state index in [1.807, 2.05) is 6.92 Å². The molecule has 0 atom stereocenters. The second-order valence-corrected chi connectivity index (χ2v) is 6.14. The van der Waals surface area contributed by atoms with E-state index in [-0.39, 0.29) is 11.8 Å². The van der Waals surface area contributed by atoms with Crippen LogP contribution in [0.4, 0.5) is 11.4 Å². The highest BCUT2D eigenvalue weighted by molar-refractivity contribution is 6.12. The summed E-state index contributed by atoms with van der Waals surface area (Å²) in [5, 5.41) is 5.62. The van der Waals surface area contributed by atoms with Crippen molar-refractivity contribution in [3.05, 3.63) is 83.9 Å². The van der Waals surface area contributed by atoms with Crippen LogP contribution >= 0.6 is 0 Å². The number of para-hydroxylation sites is 1. The largest absolute Gasteiger partial charge is 0.497 e. The standard InChI is InChI=1S/C23H22N2O4/c1-3-29-19-12-8-16(9-13-19)22(26)25-21-7-5-4-6-20(21)23(27)24-17-10-14-18(28-2)15-11-17/h4-15H,3H2,1-2H3,(H,24,27)(H,25,26). The summed E-state index contributed by atoms with van der Waals surface area (Å²) in [7, 11) is 1.58. The number of nitrogens with one attached hydrogen (secondary N) is 2. The van der Waals surface area contributed by atoms with Gasteiger partial charge in [-0.05, 0) is 67.6 Å². The van der Waals surface area contributed by atoms with Crippen molar-refractivity contribution in [3.63, 3.8) is 0 Å². The van der Waals surface area contributed by atoms with Crippen LogP contribution in [0.25, 0.3) is 0 Å². The zero-order valence-electron chi connectivity index (χ0n) is 16.3. The van der Waals surface area contributed by atoms with Gasteiger partial charge in [-0.1, -0.05) is 12.1 Å². The maximum absolute atomic E-state index is 12.7. The fourth-order valence-corrected chi connectivity index (χ4v) is 2.73. The first-order chi connectivity index (χ1) is 14.1. The number of benzene rings is 3. The van der Waals surface area contributed by atoms with Crippen molar-refractivity contribution in [2.45, 2.75) is 6.92 Å². The van der Waals surface area contributed by atoms with Crippen LogP contribution in [0.3, 0.4) is 0 Å². The number of amides is 2. The summed E-state index contributed by atoms with van der Waals surface area (Å²) in [5.41, 5.74) is 1.89. The van der Waals surface area contributed by atoms with Crippen LogP contribution in [-0.4, -0.2) is 25.5 Å². The van der Waals surface area contributed by atoms with Gasteiger partial charge in [0.1, 0.15) is 11.5 Å². The van der Waals surface area contributed by atoms with Crippen molar-refractivity contribution in [1.29, 1.82) is 0 Å². The predicted octanol–water partition coefficient (Wildman–Crippen LogP) is 4.60. The topological polar surface area (TPSA) is 76.7 Å². The van der Waals surface area contributed by atoms with Crippen molar-refractivity contribution in [2.75, 3.05) is 24.4 Å². The quantitative estimate of drug-likeness (QED) is 0.618. The number of carbonyl (C=O) groups is 2. The third-order valence-corrected chi connectivity index (χ3v) is 4.20. The third-order valence-electron chi connectivity index (χ3n) is 4.20. The average Bonchev–Trinajstić information content (AvgIpc) is 2.75. The van der Waals surface area contributed by atoms with E-state index in [0.29, 0.717) is 40.6 Å². The van der Waals surface area contributed by atoms with Crippen LogP contribution in [-0.2, 0) is 0 Å². The predicted molar refractivity (Wildman–Crippen MR) is 113 cm³/mol. The highest BCUT2D eigenvalue weighted by Gasteiger charge is 2.14. The molecule has 0 heterocycles. The van der Waals surface area contributed by atoms with Crippen molar-refractivity contribution >= 4 is 23.2 Å². The molecule has 0 aliphatic heterocycles. The molecule has 0 aliphatic rings. The number of ether oxygens (including phenoxy) is 2. The normalized spacial score (nSPS) is 10.1. The Bertz CT molecular complexity index is 983. The summed E-state index contributed by atoms with van der Waals surface area (Å²) >= 11 is 0. The van der Waals surface area contributed by atoms with Gasteiger partial charge >= 0.3 is 0 Å². The van der Waals surface area contributed by atoms with Gasteiger partial charge in [0.2, 0.25) is 0 Å². The first-order valence-electron chi connectivity index (χ1n) is 9.19. The highest BCUT2D eigenvalue weighted by Crippen LogP contribution is 2.21. The number of hydrogen-bond donors (Lipinski definition) is 2. The van der Waals surface area contributed by atoms with E-state index in [1.165, 1.54) is 0 Å². The van der Waals surface area contributed by atoms with E-state index < -0.39 is 0 Å². The Balaban J connectivity index is 1.73. The first kappa shape index (κ1) is 19.9. The van der Waals surface area contributed by atoms with E-state index in [2.05, 4.69) is 10.6 Å². The average molecular weight is 390 g/mol. The molecule has 0 spiro atoms. The fourth-order valence-electron chi connectivity index (χ4n) is 2.73. The summed E-state index contributed by atoms with van der Waals surface area (Å²) in [5.74, 6) is 0.768. The lowest BCUT2D eigenvalue weighted by Crippen LogP contribution is -2.18. The molecule has 0 bridgehead atoms. The van der Waals surface area contributed by atoms with E-state index in [1.54, 1.807) is 79.9 Å². The number of hydrogen-bond acceptors (Lipinski definition) is 4. The van der Waals surface area contributed by atoms with E-state index in [0.717, 1.165) is 0 Å². The molecule has 148 valence electrons. The molecular formula is C23H22N2O4. The minimum absolute atomic E-state index is 0.308. The Kier molecular flexibility index (Phi) is 6.47. The van der Waals surface area contributed by atoms with E-state index >= 15 is 0 Å². The molecule has 0 aromatic heterocycles. The number of methoxy groups -OCH3 is 1. The number of rotatable bonds is 7. The third kappa shape index (κ3) is 5.13. The van der Waals surface area contributed by atoms with Gasteiger partial charge in [0, 0.05) is 11.3 Å². The minimum Gasteiger partial charge on any atom is -0.497 e. The van der Waals surface area contributed by atoms with Crippen LogP contribution in [0.1, 0.15) is 27.6 Å². The van der Waals surface area contributed by atoms with Gasteiger partial charge in [-0.2, -0.15) is 0 Å².